The van der Waals surface area contributed by atoms with Crippen molar-refractivity contribution in [1.82, 2.24) is 4.31 Å². The maximum Gasteiger partial charge on any atom is 0.252 e. The first-order chi connectivity index (χ1) is 13.4. The number of aryl methyl sites for hydroxylation is 1. The lowest BCUT2D eigenvalue weighted by Gasteiger charge is -2.35. The molecular formula is C19H20BrFN2O3S2. The number of piperidine rings is 1. The first kappa shape index (κ1) is 20.0. The second-order valence-electron chi connectivity index (χ2n) is 7.10. The molecule has 1 fully saturated rings. The SMILES string of the molecule is O=C(C1CCN(S(=O)(=O)c2ccc(Br)s2)CC1)N1CCCc2cc(F)ccc21. The van der Waals surface area contributed by atoms with Crippen molar-refractivity contribution in [3.8, 4) is 0 Å². The normalized spacial score (nSPS) is 18.9. The molecule has 3 heterocycles. The highest BCUT2D eigenvalue weighted by molar-refractivity contribution is 9.11. The molecule has 0 radical (unpaired) electrons. The van der Waals surface area contributed by atoms with Crippen LogP contribution in [0.15, 0.2) is 38.3 Å². The third-order valence-electron chi connectivity index (χ3n) is 5.37. The van der Waals surface area contributed by atoms with Gasteiger partial charge in [0.25, 0.3) is 10.0 Å². The number of sulfonamides is 1. The topological polar surface area (TPSA) is 57.7 Å². The van der Waals surface area contributed by atoms with E-state index in [-0.39, 0.29) is 17.6 Å². The number of rotatable bonds is 3. The van der Waals surface area contributed by atoms with Crippen LogP contribution in [0.1, 0.15) is 24.8 Å². The molecule has 0 N–H and O–H groups in total. The molecule has 2 aliphatic rings. The van der Waals surface area contributed by atoms with Gasteiger partial charge < -0.3 is 4.90 Å². The molecule has 0 bridgehead atoms. The average Bonchev–Trinajstić information content (AvgIpc) is 3.14. The molecule has 0 unspecified atom stereocenters. The quantitative estimate of drug-likeness (QED) is 0.657. The van der Waals surface area contributed by atoms with Gasteiger partial charge in [0.2, 0.25) is 5.91 Å². The molecule has 0 spiro atoms. The van der Waals surface area contributed by atoms with E-state index in [2.05, 4.69) is 15.9 Å². The number of fused-ring (bicyclic) bond motifs is 1. The number of anilines is 1. The van der Waals surface area contributed by atoms with Gasteiger partial charge in [-0.2, -0.15) is 4.31 Å². The summed E-state index contributed by atoms with van der Waals surface area (Å²) in [5.74, 6) is -0.479. The van der Waals surface area contributed by atoms with Gasteiger partial charge in [0.1, 0.15) is 10.0 Å². The number of carbonyl (C=O) groups is 1. The molecule has 1 amide bonds. The van der Waals surface area contributed by atoms with Crippen LogP contribution in [-0.4, -0.2) is 38.3 Å². The summed E-state index contributed by atoms with van der Waals surface area (Å²) in [6, 6.07) is 7.90. The molecule has 0 saturated carbocycles. The molecule has 1 aromatic heterocycles. The Morgan fingerprint density at radius 3 is 2.57 bits per heavy atom. The minimum Gasteiger partial charge on any atom is -0.312 e. The zero-order valence-corrected chi connectivity index (χ0v) is 18.3. The summed E-state index contributed by atoms with van der Waals surface area (Å²) in [4.78, 5) is 14.8. The molecule has 1 aromatic carbocycles. The van der Waals surface area contributed by atoms with E-state index in [9.17, 15) is 17.6 Å². The number of nitrogens with zero attached hydrogens (tertiary/aromatic N) is 2. The summed E-state index contributed by atoms with van der Waals surface area (Å²) in [7, 11) is -3.51. The predicted octanol–water partition coefficient (Wildman–Crippen LogP) is 4.03. The zero-order valence-electron chi connectivity index (χ0n) is 15.1. The standard InChI is InChI=1S/C19H20BrFN2O3S2/c20-17-5-6-18(27-17)28(25,26)22-10-7-13(8-11-22)19(24)23-9-1-2-14-12-15(21)3-4-16(14)23/h3-6,12-13H,1-2,7-11H2. The first-order valence-corrected chi connectivity index (χ1v) is 12.3. The Kier molecular flexibility index (Phi) is 5.61. The highest BCUT2D eigenvalue weighted by Crippen LogP contribution is 2.33. The van der Waals surface area contributed by atoms with Crippen LogP contribution in [0.2, 0.25) is 0 Å². The van der Waals surface area contributed by atoms with E-state index in [0.29, 0.717) is 36.7 Å². The van der Waals surface area contributed by atoms with Gasteiger partial charge in [-0.3, -0.25) is 4.79 Å². The third kappa shape index (κ3) is 3.77. The Balaban J connectivity index is 1.45. The van der Waals surface area contributed by atoms with Crippen molar-refractivity contribution in [2.45, 2.75) is 29.9 Å². The third-order valence-corrected chi connectivity index (χ3v) is 9.36. The Morgan fingerprint density at radius 1 is 1.14 bits per heavy atom. The number of hydrogen-bond acceptors (Lipinski definition) is 4. The van der Waals surface area contributed by atoms with Crippen LogP contribution in [0.3, 0.4) is 0 Å². The van der Waals surface area contributed by atoms with E-state index in [1.54, 1.807) is 23.1 Å². The molecule has 28 heavy (non-hydrogen) atoms. The number of amides is 1. The van der Waals surface area contributed by atoms with Crippen LogP contribution in [0.25, 0.3) is 0 Å². The van der Waals surface area contributed by atoms with Gasteiger partial charge in [-0.1, -0.05) is 0 Å². The molecular weight excluding hydrogens is 467 g/mol. The van der Waals surface area contributed by atoms with Crippen molar-refractivity contribution in [2.24, 2.45) is 5.92 Å². The van der Waals surface area contributed by atoms with Crippen LogP contribution >= 0.6 is 27.3 Å². The van der Waals surface area contributed by atoms with Crippen LogP contribution in [0.5, 0.6) is 0 Å². The van der Waals surface area contributed by atoms with Crippen LogP contribution in [-0.2, 0) is 21.2 Å². The molecule has 0 atom stereocenters. The maximum atomic E-state index is 13.5. The number of hydrogen-bond donors (Lipinski definition) is 0. The second-order valence-corrected chi connectivity index (χ2v) is 11.7. The summed E-state index contributed by atoms with van der Waals surface area (Å²) in [5.41, 5.74) is 1.65. The minimum atomic E-state index is -3.51. The van der Waals surface area contributed by atoms with E-state index in [1.807, 2.05) is 0 Å². The van der Waals surface area contributed by atoms with Gasteiger partial charge in [-0.05, 0) is 77.5 Å². The van der Waals surface area contributed by atoms with Crippen molar-refractivity contribution >= 4 is 48.9 Å². The fourth-order valence-corrected chi connectivity index (χ4v) is 7.56. The fourth-order valence-electron chi connectivity index (χ4n) is 3.92. The Hall–Kier alpha value is -1.29. The van der Waals surface area contributed by atoms with Crippen molar-refractivity contribution < 1.29 is 17.6 Å². The van der Waals surface area contributed by atoms with Gasteiger partial charge in [-0.25, -0.2) is 12.8 Å². The molecule has 1 saturated heterocycles. The predicted molar refractivity (Wildman–Crippen MR) is 111 cm³/mol. The second kappa shape index (κ2) is 7.85. The maximum absolute atomic E-state index is 13.5. The molecule has 150 valence electrons. The largest absolute Gasteiger partial charge is 0.312 e. The summed E-state index contributed by atoms with van der Waals surface area (Å²) in [6.07, 6.45) is 2.57. The Labute approximate surface area is 176 Å². The Bertz CT molecular complexity index is 1000. The highest BCUT2D eigenvalue weighted by atomic mass is 79.9. The van der Waals surface area contributed by atoms with Crippen molar-refractivity contribution in [2.75, 3.05) is 24.5 Å². The number of carbonyl (C=O) groups excluding carboxylic acids is 1. The lowest BCUT2D eigenvalue weighted by atomic mass is 9.94. The molecule has 2 aromatic rings. The smallest absolute Gasteiger partial charge is 0.252 e. The van der Waals surface area contributed by atoms with Gasteiger partial charge >= 0.3 is 0 Å². The summed E-state index contributed by atoms with van der Waals surface area (Å²) in [5, 5.41) is 0. The van der Waals surface area contributed by atoms with E-state index in [0.717, 1.165) is 27.9 Å². The van der Waals surface area contributed by atoms with Gasteiger partial charge in [0.05, 0.1) is 3.79 Å². The van der Waals surface area contributed by atoms with E-state index in [1.165, 1.54) is 27.8 Å². The van der Waals surface area contributed by atoms with E-state index in [4.69, 9.17) is 0 Å². The number of benzene rings is 1. The van der Waals surface area contributed by atoms with Gasteiger partial charge in [0, 0.05) is 31.2 Å². The molecule has 0 aliphatic carbocycles. The minimum absolute atomic E-state index is 0.0171. The summed E-state index contributed by atoms with van der Waals surface area (Å²) in [6.45, 7) is 1.29. The monoisotopic (exact) mass is 486 g/mol. The van der Waals surface area contributed by atoms with Crippen LogP contribution < -0.4 is 4.90 Å². The number of halogens is 2. The fraction of sp³-hybridized carbons (Fsp3) is 0.421. The summed E-state index contributed by atoms with van der Waals surface area (Å²) < 4.78 is 41.6. The highest BCUT2D eigenvalue weighted by Gasteiger charge is 2.35. The van der Waals surface area contributed by atoms with Crippen molar-refractivity contribution in [3.05, 3.63) is 45.5 Å². The Morgan fingerprint density at radius 2 is 1.89 bits per heavy atom. The van der Waals surface area contributed by atoms with E-state index < -0.39 is 10.0 Å². The molecule has 4 rings (SSSR count). The van der Waals surface area contributed by atoms with Crippen LogP contribution in [0.4, 0.5) is 10.1 Å². The van der Waals surface area contributed by atoms with Gasteiger partial charge in [0.15, 0.2) is 0 Å². The van der Waals surface area contributed by atoms with Gasteiger partial charge in [-0.15, -0.1) is 11.3 Å². The van der Waals surface area contributed by atoms with Crippen molar-refractivity contribution in [3.63, 3.8) is 0 Å². The average molecular weight is 487 g/mol. The summed E-state index contributed by atoms with van der Waals surface area (Å²) >= 11 is 4.49. The molecule has 2 aliphatic heterocycles. The van der Waals surface area contributed by atoms with Crippen LogP contribution in [0, 0.1) is 11.7 Å². The zero-order chi connectivity index (χ0) is 19.9. The molecule has 9 heteroatoms. The molecule has 5 nitrogen and oxygen atoms in total. The lowest BCUT2D eigenvalue weighted by Crippen LogP contribution is -2.45. The number of thiophene rings is 1. The van der Waals surface area contributed by atoms with E-state index >= 15 is 0 Å². The first-order valence-electron chi connectivity index (χ1n) is 9.21. The van der Waals surface area contributed by atoms with Crippen molar-refractivity contribution in [1.29, 1.82) is 0 Å². The lowest BCUT2D eigenvalue weighted by molar-refractivity contribution is -0.123.